The summed E-state index contributed by atoms with van der Waals surface area (Å²) in [5.74, 6) is 0.851. The summed E-state index contributed by atoms with van der Waals surface area (Å²) in [6.07, 6.45) is 3.05. The van der Waals surface area contributed by atoms with Gasteiger partial charge in [-0.3, -0.25) is 4.90 Å². The summed E-state index contributed by atoms with van der Waals surface area (Å²) >= 11 is 0. The predicted molar refractivity (Wildman–Crippen MR) is 66.5 cm³/mol. The lowest BCUT2D eigenvalue weighted by molar-refractivity contribution is 0.0544. The zero-order valence-electron chi connectivity index (χ0n) is 10.1. The fourth-order valence-electron chi connectivity index (χ4n) is 1.81. The molecule has 92 valence electrons. The van der Waals surface area contributed by atoms with Gasteiger partial charge in [-0.2, -0.15) is 0 Å². The monoisotopic (exact) mass is 236 g/mol. The van der Waals surface area contributed by atoms with Crippen molar-refractivity contribution in [2.75, 3.05) is 26.7 Å². The molecule has 0 spiro atoms. The molecule has 0 aromatic heterocycles. The molecule has 0 heterocycles. The van der Waals surface area contributed by atoms with Crippen LogP contribution in [0.4, 0.5) is 0 Å². The smallest absolute Gasteiger partial charge is 0.0596 e. The van der Waals surface area contributed by atoms with Gasteiger partial charge in [-0.05, 0) is 39.7 Å². The van der Waals surface area contributed by atoms with Crippen molar-refractivity contribution in [2.45, 2.75) is 38.8 Å². The number of rotatable bonds is 7. The van der Waals surface area contributed by atoms with Crippen molar-refractivity contribution < 1.29 is 4.74 Å². The Morgan fingerprint density at radius 3 is 2.40 bits per heavy atom. The van der Waals surface area contributed by atoms with Gasteiger partial charge >= 0.3 is 0 Å². The molecule has 0 amide bonds. The molecule has 2 N–H and O–H groups in total. The highest BCUT2D eigenvalue weighted by Crippen LogP contribution is 2.34. The standard InChI is InChI=1S/C11H24N2O.ClH/c1-9(2)14-7-6-13(3)11(8-12)10-4-5-10;/h9-11H,4-8,12H2,1-3H3;1H. The lowest BCUT2D eigenvalue weighted by Crippen LogP contribution is -2.41. The number of ether oxygens (including phenoxy) is 1. The fraction of sp³-hybridized carbons (Fsp3) is 1.00. The third-order valence-electron chi connectivity index (χ3n) is 2.87. The minimum atomic E-state index is 0. The minimum Gasteiger partial charge on any atom is -0.377 e. The van der Waals surface area contributed by atoms with E-state index in [1.54, 1.807) is 0 Å². The first-order chi connectivity index (χ1) is 6.65. The van der Waals surface area contributed by atoms with Crippen LogP contribution in [0.1, 0.15) is 26.7 Å². The maximum atomic E-state index is 5.76. The Morgan fingerprint density at radius 2 is 2.00 bits per heavy atom. The Balaban J connectivity index is 0.00000196. The van der Waals surface area contributed by atoms with E-state index in [0.29, 0.717) is 12.1 Å². The quantitative estimate of drug-likeness (QED) is 0.728. The van der Waals surface area contributed by atoms with E-state index in [-0.39, 0.29) is 12.4 Å². The second kappa shape index (κ2) is 7.44. The van der Waals surface area contributed by atoms with Gasteiger partial charge in [0.2, 0.25) is 0 Å². The van der Waals surface area contributed by atoms with Crippen molar-refractivity contribution in [3.63, 3.8) is 0 Å². The molecule has 0 aliphatic heterocycles. The third kappa shape index (κ3) is 5.71. The highest BCUT2D eigenvalue weighted by Gasteiger charge is 2.32. The summed E-state index contributed by atoms with van der Waals surface area (Å²) in [6.45, 7) is 6.74. The van der Waals surface area contributed by atoms with Gasteiger partial charge in [-0.1, -0.05) is 0 Å². The molecular weight excluding hydrogens is 212 g/mol. The lowest BCUT2D eigenvalue weighted by atomic mass is 10.1. The Bertz CT molecular complexity index is 163. The highest BCUT2D eigenvalue weighted by atomic mass is 35.5. The van der Waals surface area contributed by atoms with Gasteiger partial charge in [0.1, 0.15) is 0 Å². The van der Waals surface area contributed by atoms with Crippen molar-refractivity contribution in [3.8, 4) is 0 Å². The fourth-order valence-corrected chi connectivity index (χ4v) is 1.81. The number of likely N-dealkylation sites (N-methyl/N-ethyl adjacent to an activating group) is 1. The minimum absolute atomic E-state index is 0. The average molecular weight is 237 g/mol. The second-order valence-electron chi connectivity index (χ2n) is 4.54. The van der Waals surface area contributed by atoms with Gasteiger partial charge in [0.25, 0.3) is 0 Å². The third-order valence-corrected chi connectivity index (χ3v) is 2.87. The summed E-state index contributed by atoms with van der Waals surface area (Å²) in [5.41, 5.74) is 5.76. The van der Waals surface area contributed by atoms with Crippen molar-refractivity contribution >= 4 is 12.4 Å². The first-order valence-corrected chi connectivity index (χ1v) is 5.67. The van der Waals surface area contributed by atoms with E-state index in [1.807, 2.05) is 0 Å². The van der Waals surface area contributed by atoms with Crippen LogP contribution in [0.15, 0.2) is 0 Å². The number of nitrogens with two attached hydrogens (primary N) is 1. The molecule has 0 aromatic carbocycles. The van der Waals surface area contributed by atoms with E-state index in [9.17, 15) is 0 Å². The topological polar surface area (TPSA) is 38.5 Å². The number of hydrogen-bond donors (Lipinski definition) is 1. The largest absolute Gasteiger partial charge is 0.377 e. The van der Waals surface area contributed by atoms with E-state index in [0.717, 1.165) is 25.6 Å². The lowest BCUT2D eigenvalue weighted by Gasteiger charge is -2.27. The molecule has 4 heteroatoms. The van der Waals surface area contributed by atoms with Crippen LogP contribution >= 0.6 is 12.4 Å². The molecule has 1 rings (SSSR count). The van der Waals surface area contributed by atoms with Gasteiger partial charge in [-0.25, -0.2) is 0 Å². The number of hydrogen-bond acceptors (Lipinski definition) is 3. The van der Waals surface area contributed by atoms with Crippen molar-refractivity contribution in [1.82, 2.24) is 4.90 Å². The molecule has 0 bridgehead atoms. The summed E-state index contributed by atoms with van der Waals surface area (Å²) in [4.78, 5) is 2.35. The van der Waals surface area contributed by atoms with Crippen LogP contribution in [-0.2, 0) is 4.74 Å². The summed E-state index contributed by atoms with van der Waals surface area (Å²) in [6, 6.07) is 0.575. The summed E-state index contributed by atoms with van der Waals surface area (Å²) in [5, 5.41) is 0. The van der Waals surface area contributed by atoms with E-state index in [2.05, 4.69) is 25.8 Å². The molecule has 15 heavy (non-hydrogen) atoms. The molecule has 3 nitrogen and oxygen atoms in total. The predicted octanol–water partition coefficient (Wildman–Crippen LogP) is 1.50. The molecule has 0 saturated heterocycles. The van der Waals surface area contributed by atoms with Crippen LogP contribution in [0.3, 0.4) is 0 Å². The van der Waals surface area contributed by atoms with Crippen LogP contribution in [0.2, 0.25) is 0 Å². The molecule has 1 unspecified atom stereocenters. The molecule has 1 saturated carbocycles. The molecule has 1 fully saturated rings. The molecule has 1 atom stereocenters. The summed E-state index contributed by atoms with van der Waals surface area (Å²) in [7, 11) is 2.15. The molecule has 0 aromatic rings. The van der Waals surface area contributed by atoms with Gasteiger partial charge in [0, 0.05) is 19.1 Å². The van der Waals surface area contributed by atoms with Gasteiger partial charge in [-0.15, -0.1) is 12.4 Å². The molecule has 0 radical (unpaired) electrons. The zero-order chi connectivity index (χ0) is 10.6. The molecule has 1 aliphatic rings. The molecule has 1 aliphatic carbocycles. The van der Waals surface area contributed by atoms with Crippen LogP contribution in [0.5, 0.6) is 0 Å². The van der Waals surface area contributed by atoms with Crippen molar-refractivity contribution in [3.05, 3.63) is 0 Å². The summed E-state index contributed by atoms with van der Waals surface area (Å²) < 4.78 is 5.52. The van der Waals surface area contributed by atoms with Gasteiger partial charge in [0.05, 0.1) is 12.7 Å². The molecular formula is C11H25ClN2O. The van der Waals surface area contributed by atoms with Gasteiger partial charge in [0.15, 0.2) is 0 Å². The number of nitrogens with zero attached hydrogens (tertiary/aromatic N) is 1. The van der Waals surface area contributed by atoms with E-state index in [4.69, 9.17) is 10.5 Å². The maximum Gasteiger partial charge on any atom is 0.0596 e. The van der Waals surface area contributed by atoms with Crippen LogP contribution < -0.4 is 5.73 Å². The Kier molecular flexibility index (Phi) is 7.53. The van der Waals surface area contributed by atoms with Gasteiger partial charge < -0.3 is 10.5 Å². The Labute approximate surface area is 99.7 Å². The Morgan fingerprint density at radius 1 is 1.40 bits per heavy atom. The highest BCUT2D eigenvalue weighted by molar-refractivity contribution is 5.85. The van der Waals surface area contributed by atoms with Crippen molar-refractivity contribution in [2.24, 2.45) is 11.7 Å². The maximum absolute atomic E-state index is 5.76. The van der Waals surface area contributed by atoms with E-state index >= 15 is 0 Å². The first-order valence-electron chi connectivity index (χ1n) is 5.67. The SMILES string of the molecule is CC(C)OCCN(C)C(CN)C1CC1.Cl. The Hall–Kier alpha value is 0.170. The van der Waals surface area contributed by atoms with E-state index in [1.165, 1.54) is 12.8 Å². The normalized spacial score (nSPS) is 18.0. The van der Waals surface area contributed by atoms with Crippen LogP contribution in [0, 0.1) is 5.92 Å². The zero-order valence-corrected chi connectivity index (χ0v) is 10.9. The average Bonchev–Trinajstić information content (AvgIpc) is 2.89. The van der Waals surface area contributed by atoms with E-state index < -0.39 is 0 Å². The van der Waals surface area contributed by atoms with Crippen LogP contribution in [-0.4, -0.2) is 43.8 Å². The van der Waals surface area contributed by atoms with Crippen molar-refractivity contribution in [1.29, 1.82) is 0 Å². The second-order valence-corrected chi connectivity index (χ2v) is 4.54. The number of halogens is 1. The first kappa shape index (κ1) is 15.2. The van der Waals surface area contributed by atoms with Crippen LogP contribution in [0.25, 0.3) is 0 Å².